The molecule has 2 aliphatic heterocycles. The van der Waals surface area contributed by atoms with Crippen molar-refractivity contribution in [2.24, 2.45) is 0 Å². The Bertz CT molecular complexity index is 368. The molecular weight excluding hydrogens is 184 g/mol. The van der Waals surface area contributed by atoms with Gasteiger partial charge in [-0.05, 0) is 13.0 Å². The average molecular weight is 194 g/mol. The highest BCUT2D eigenvalue weighted by atomic mass is 16.6. The number of carbonyl (C=O) groups is 1. The van der Waals surface area contributed by atoms with Crippen molar-refractivity contribution in [1.82, 2.24) is 0 Å². The number of ketones is 1. The summed E-state index contributed by atoms with van der Waals surface area (Å²) in [4.78, 5) is 11.7. The van der Waals surface area contributed by atoms with Gasteiger partial charge in [0.25, 0.3) is 0 Å². The van der Waals surface area contributed by atoms with E-state index < -0.39 is 12.2 Å². The SMILES string of the molecule is C[C@@H]1C=C2C(=O)[C@@H]3O[C@@H]3[C@@H](O)C2=CO1. The van der Waals surface area contributed by atoms with Crippen LogP contribution >= 0.6 is 0 Å². The Morgan fingerprint density at radius 2 is 2.29 bits per heavy atom. The van der Waals surface area contributed by atoms with Crippen LogP contribution in [0.15, 0.2) is 23.5 Å². The number of rotatable bonds is 0. The van der Waals surface area contributed by atoms with E-state index in [-0.39, 0.29) is 18.0 Å². The van der Waals surface area contributed by atoms with Crippen molar-refractivity contribution in [3.8, 4) is 0 Å². The minimum absolute atomic E-state index is 0.0262. The van der Waals surface area contributed by atoms with Crippen molar-refractivity contribution in [2.75, 3.05) is 0 Å². The summed E-state index contributed by atoms with van der Waals surface area (Å²) in [5.41, 5.74) is 1.13. The number of epoxide rings is 1. The summed E-state index contributed by atoms with van der Waals surface area (Å²) >= 11 is 0. The van der Waals surface area contributed by atoms with E-state index in [4.69, 9.17) is 9.47 Å². The molecule has 74 valence electrons. The molecule has 1 N–H and O–H groups in total. The lowest BCUT2D eigenvalue weighted by molar-refractivity contribution is -0.117. The maximum absolute atomic E-state index is 11.7. The highest BCUT2D eigenvalue weighted by Gasteiger charge is 2.57. The Morgan fingerprint density at radius 1 is 1.50 bits per heavy atom. The average Bonchev–Trinajstić information content (AvgIpc) is 2.94. The zero-order valence-electron chi connectivity index (χ0n) is 7.64. The van der Waals surface area contributed by atoms with Crippen LogP contribution in [-0.4, -0.2) is 35.3 Å². The second-order valence-electron chi connectivity index (χ2n) is 3.83. The molecule has 0 unspecified atom stereocenters. The van der Waals surface area contributed by atoms with Crippen molar-refractivity contribution >= 4 is 5.78 Å². The van der Waals surface area contributed by atoms with E-state index in [1.807, 2.05) is 6.92 Å². The fraction of sp³-hybridized carbons (Fsp3) is 0.500. The molecule has 0 aromatic carbocycles. The van der Waals surface area contributed by atoms with Gasteiger partial charge in [0.15, 0.2) is 5.78 Å². The van der Waals surface area contributed by atoms with E-state index in [9.17, 15) is 9.90 Å². The summed E-state index contributed by atoms with van der Waals surface area (Å²) in [7, 11) is 0. The normalized spacial score (nSPS) is 44.3. The molecule has 2 heterocycles. The molecule has 4 nitrogen and oxygen atoms in total. The molecule has 0 amide bonds. The van der Waals surface area contributed by atoms with Gasteiger partial charge in [-0.2, -0.15) is 0 Å². The van der Waals surface area contributed by atoms with Gasteiger partial charge in [-0.1, -0.05) is 0 Å². The van der Waals surface area contributed by atoms with Gasteiger partial charge < -0.3 is 14.6 Å². The summed E-state index contributed by atoms with van der Waals surface area (Å²) in [5.74, 6) is -0.0262. The molecule has 4 heteroatoms. The summed E-state index contributed by atoms with van der Waals surface area (Å²) < 4.78 is 10.3. The molecule has 1 saturated heterocycles. The first-order valence-electron chi connectivity index (χ1n) is 4.64. The molecule has 1 saturated carbocycles. The molecule has 0 bridgehead atoms. The number of hydrogen-bond donors (Lipinski definition) is 1. The molecular formula is C10H10O4. The molecule has 0 spiro atoms. The van der Waals surface area contributed by atoms with Crippen molar-refractivity contribution in [2.45, 2.75) is 31.3 Å². The minimum atomic E-state index is -0.712. The molecule has 0 aromatic rings. The van der Waals surface area contributed by atoms with Crippen LogP contribution in [0.25, 0.3) is 0 Å². The van der Waals surface area contributed by atoms with E-state index in [0.717, 1.165) is 0 Å². The fourth-order valence-electron chi connectivity index (χ4n) is 1.97. The topological polar surface area (TPSA) is 59.1 Å². The van der Waals surface area contributed by atoms with E-state index in [0.29, 0.717) is 11.1 Å². The smallest absolute Gasteiger partial charge is 0.194 e. The molecule has 3 rings (SSSR count). The molecule has 4 atom stereocenters. The van der Waals surface area contributed by atoms with Crippen LogP contribution in [0.1, 0.15) is 6.92 Å². The Labute approximate surface area is 80.8 Å². The van der Waals surface area contributed by atoms with Gasteiger partial charge in [-0.3, -0.25) is 4.79 Å². The van der Waals surface area contributed by atoms with Crippen molar-refractivity contribution in [3.05, 3.63) is 23.5 Å². The first kappa shape index (κ1) is 8.20. The van der Waals surface area contributed by atoms with Gasteiger partial charge in [-0.25, -0.2) is 0 Å². The molecule has 0 radical (unpaired) electrons. The molecule has 1 aliphatic carbocycles. The number of Topliss-reactive ketones (excluding diaryl/α,β-unsaturated/α-hetero) is 1. The summed E-state index contributed by atoms with van der Waals surface area (Å²) in [5, 5.41) is 9.75. The minimum Gasteiger partial charge on any atom is -0.494 e. The second kappa shape index (κ2) is 2.46. The Balaban J connectivity index is 2.04. The van der Waals surface area contributed by atoms with E-state index >= 15 is 0 Å². The van der Waals surface area contributed by atoms with Crippen LogP contribution in [0.2, 0.25) is 0 Å². The highest BCUT2D eigenvalue weighted by molar-refractivity contribution is 6.06. The second-order valence-corrected chi connectivity index (χ2v) is 3.83. The van der Waals surface area contributed by atoms with Gasteiger partial charge in [-0.15, -0.1) is 0 Å². The maximum atomic E-state index is 11.7. The van der Waals surface area contributed by atoms with Gasteiger partial charge in [0, 0.05) is 11.1 Å². The molecule has 3 aliphatic rings. The quantitative estimate of drug-likeness (QED) is 0.548. The van der Waals surface area contributed by atoms with Crippen LogP contribution in [0.5, 0.6) is 0 Å². The van der Waals surface area contributed by atoms with Crippen LogP contribution in [0.3, 0.4) is 0 Å². The standard InChI is InChI=1S/C10H10O4/c1-4-2-5-6(3-13-4)8(12)10-9(14-10)7(5)11/h2-4,8-10,12H,1H3/t4-,8+,9+,10-/m1/s1. The van der Waals surface area contributed by atoms with E-state index in [1.54, 1.807) is 6.08 Å². The van der Waals surface area contributed by atoms with Gasteiger partial charge in [0.1, 0.15) is 24.4 Å². The third-order valence-electron chi connectivity index (χ3n) is 2.80. The lowest BCUT2D eigenvalue weighted by Gasteiger charge is -2.24. The number of aliphatic hydroxyl groups is 1. The maximum Gasteiger partial charge on any atom is 0.194 e. The number of aliphatic hydroxyl groups excluding tert-OH is 1. The van der Waals surface area contributed by atoms with Crippen LogP contribution in [0.4, 0.5) is 0 Å². The van der Waals surface area contributed by atoms with E-state index in [1.165, 1.54) is 6.26 Å². The molecule has 14 heavy (non-hydrogen) atoms. The third kappa shape index (κ3) is 0.923. The predicted octanol–water partition coefficient (Wildman–Crippen LogP) is -0.0736. The van der Waals surface area contributed by atoms with Gasteiger partial charge in [0.05, 0.1) is 6.26 Å². The lowest BCUT2D eigenvalue weighted by atomic mass is 9.85. The van der Waals surface area contributed by atoms with Crippen molar-refractivity contribution in [1.29, 1.82) is 0 Å². The number of fused-ring (bicyclic) bond motifs is 2. The summed E-state index contributed by atoms with van der Waals surface area (Å²) in [6.07, 6.45) is 1.62. The zero-order chi connectivity index (χ0) is 9.87. The first-order chi connectivity index (χ1) is 6.68. The summed E-state index contributed by atoms with van der Waals surface area (Å²) in [6, 6.07) is 0. The van der Waals surface area contributed by atoms with Crippen LogP contribution in [-0.2, 0) is 14.3 Å². The number of hydrogen-bond acceptors (Lipinski definition) is 4. The lowest BCUT2D eigenvalue weighted by Crippen LogP contribution is -2.34. The van der Waals surface area contributed by atoms with Crippen molar-refractivity contribution < 1.29 is 19.4 Å². The monoisotopic (exact) mass is 194 g/mol. The fourth-order valence-corrected chi connectivity index (χ4v) is 1.97. The Morgan fingerprint density at radius 3 is 3.07 bits per heavy atom. The molecule has 0 aromatic heterocycles. The zero-order valence-corrected chi connectivity index (χ0v) is 7.64. The van der Waals surface area contributed by atoms with Crippen LogP contribution in [0, 0.1) is 0 Å². The highest BCUT2D eigenvalue weighted by Crippen LogP contribution is 2.41. The number of ether oxygens (including phenoxy) is 2. The number of carbonyl (C=O) groups excluding carboxylic acids is 1. The van der Waals surface area contributed by atoms with Crippen LogP contribution < -0.4 is 0 Å². The predicted molar refractivity (Wildman–Crippen MR) is 46.4 cm³/mol. The largest absolute Gasteiger partial charge is 0.494 e. The Kier molecular flexibility index (Phi) is 1.44. The van der Waals surface area contributed by atoms with Gasteiger partial charge >= 0.3 is 0 Å². The third-order valence-corrected chi connectivity index (χ3v) is 2.80. The molecule has 2 fully saturated rings. The first-order valence-corrected chi connectivity index (χ1v) is 4.64. The Hall–Kier alpha value is -1.13. The summed E-state index contributed by atoms with van der Waals surface area (Å²) in [6.45, 7) is 1.85. The van der Waals surface area contributed by atoms with Crippen molar-refractivity contribution in [3.63, 3.8) is 0 Å². The van der Waals surface area contributed by atoms with Gasteiger partial charge in [0.2, 0.25) is 0 Å². The van der Waals surface area contributed by atoms with E-state index in [2.05, 4.69) is 0 Å².